The van der Waals surface area contributed by atoms with Gasteiger partial charge in [0.15, 0.2) is 0 Å². The van der Waals surface area contributed by atoms with E-state index in [4.69, 9.17) is 0 Å². The maximum atomic E-state index is 13.9. The smallest absolute Gasteiger partial charge is 0.245 e. The molecule has 0 aliphatic rings. The molecule has 1 N–H and O–H groups in total. The van der Waals surface area contributed by atoms with Crippen LogP contribution in [0.5, 0.6) is 0 Å². The summed E-state index contributed by atoms with van der Waals surface area (Å²) in [7, 11) is 1.47. The summed E-state index contributed by atoms with van der Waals surface area (Å²) in [6.45, 7) is 5.53. The summed E-state index contributed by atoms with van der Waals surface area (Å²) >= 11 is 0. The summed E-state index contributed by atoms with van der Waals surface area (Å²) in [4.78, 5) is 8.03. The van der Waals surface area contributed by atoms with Gasteiger partial charge in [0, 0.05) is 12.6 Å². The Morgan fingerprint density at radius 1 is 1.11 bits per heavy atom. The normalized spacial score (nSPS) is 11.6. The van der Waals surface area contributed by atoms with Gasteiger partial charge in [-0.2, -0.15) is 14.6 Å². The minimum atomic E-state index is -2.77. The van der Waals surface area contributed by atoms with Crippen molar-refractivity contribution in [3.63, 3.8) is 0 Å². The second-order valence-electron chi connectivity index (χ2n) is 6.38. The van der Waals surface area contributed by atoms with Crippen LogP contribution in [0.4, 0.5) is 19.1 Å². The standard InChI is InChI=1S/C19H19F3N6/c1-10-5-6-13(7-11(10)2)15-8-16(17(20)21)25-19(24-15)26-23-9-14-12(3)27-28(4)18(14)22/h5-9,17H,1-4H3,(H,24,25,26)/b23-9-. The summed E-state index contributed by atoms with van der Waals surface area (Å²) < 4.78 is 41.5. The van der Waals surface area contributed by atoms with Crippen molar-refractivity contribution >= 4 is 12.2 Å². The van der Waals surface area contributed by atoms with E-state index in [1.165, 1.54) is 19.3 Å². The average Bonchev–Trinajstić information content (AvgIpc) is 2.89. The van der Waals surface area contributed by atoms with E-state index in [1.54, 1.807) is 13.0 Å². The summed E-state index contributed by atoms with van der Waals surface area (Å²) in [5, 5.41) is 7.81. The highest BCUT2D eigenvalue weighted by Crippen LogP contribution is 2.26. The van der Waals surface area contributed by atoms with Crippen LogP contribution in [0.1, 0.15) is 34.5 Å². The molecular weight excluding hydrogens is 369 g/mol. The highest BCUT2D eigenvalue weighted by molar-refractivity contribution is 5.81. The van der Waals surface area contributed by atoms with Crippen molar-refractivity contribution in [2.45, 2.75) is 27.2 Å². The minimum absolute atomic E-state index is 0.107. The molecule has 0 atom stereocenters. The van der Waals surface area contributed by atoms with Gasteiger partial charge in [-0.05, 0) is 44.0 Å². The quantitative estimate of drug-likeness (QED) is 0.522. The van der Waals surface area contributed by atoms with Gasteiger partial charge in [0.25, 0.3) is 6.43 Å². The van der Waals surface area contributed by atoms with Gasteiger partial charge in [0.05, 0.1) is 23.2 Å². The van der Waals surface area contributed by atoms with Crippen LogP contribution in [0.15, 0.2) is 29.4 Å². The van der Waals surface area contributed by atoms with Crippen LogP contribution >= 0.6 is 0 Å². The third kappa shape index (κ3) is 4.03. The Balaban J connectivity index is 1.93. The maximum absolute atomic E-state index is 13.9. The first-order valence-electron chi connectivity index (χ1n) is 8.49. The van der Waals surface area contributed by atoms with Crippen LogP contribution in [0.3, 0.4) is 0 Å². The number of alkyl halides is 2. The lowest BCUT2D eigenvalue weighted by molar-refractivity contribution is 0.146. The van der Waals surface area contributed by atoms with Crippen molar-refractivity contribution in [1.82, 2.24) is 19.7 Å². The molecule has 146 valence electrons. The van der Waals surface area contributed by atoms with E-state index in [1.807, 2.05) is 26.0 Å². The summed E-state index contributed by atoms with van der Waals surface area (Å²) in [5.74, 6) is -0.662. The number of benzene rings is 1. The lowest BCUT2D eigenvalue weighted by Gasteiger charge is -2.09. The second-order valence-corrected chi connectivity index (χ2v) is 6.38. The number of rotatable bonds is 5. The molecular formula is C19H19F3N6. The van der Waals surface area contributed by atoms with Crippen LogP contribution in [-0.2, 0) is 7.05 Å². The van der Waals surface area contributed by atoms with Gasteiger partial charge in [-0.3, -0.25) is 0 Å². The molecule has 28 heavy (non-hydrogen) atoms. The van der Waals surface area contributed by atoms with Crippen LogP contribution in [0, 0.1) is 26.7 Å². The molecule has 0 aliphatic heterocycles. The number of hydrogen-bond donors (Lipinski definition) is 1. The Morgan fingerprint density at radius 2 is 1.86 bits per heavy atom. The zero-order valence-electron chi connectivity index (χ0n) is 15.8. The molecule has 0 saturated carbocycles. The molecule has 6 nitrogen and oxygen atoms in total. The molecule has 0 fully saturated rings. The average molecular weight is 388 g/mol. The highest BCUT2D eigenvalue weighted by Gasteiger charge is 2.15. The second kappa shape index (κ2) is 7.79. The predicted octanol–water partition coefficient (Wildman–Crippen LogP) is 4.33. The van der Waals surface area contributed by atoms with E-state index < -0.39 is 18.1 Å². The Labute approximate surface area is 160 Å². The Bertz CT molecular complexity index is 1040. The van der Waals surface area contributed by atoms with Gasteiger partial charge in [-0.1, -0.05) is 12.1 Å². The van der Waals surface area contributed by atoms with Crippen LogP contribution in [-0.4, -0.2) is 26.0 Å². The lowest BCUT2D eigenvalue weighted by Crippen LogP contribution is -2.03. The van der Waals surface area contributed by atoms with Gasteiger partial charge < -0.3 is 0 Å². The van der Waals surface area contributed by atoms with Crippen molar-refractivity contribution in [2.24, 2.45) is 12.1 Å². The molecule has 2 aromatic heterocycles. The van der Waals surface area contributed by atoms with E-state index in [9.17, 15) is 13.2 Å². The van der Waals surface area contributed by atoms with Gasteiger partial charge in [-0.25, -0.2) is 28.9 Å². The van der Waals surface area contributed by atoms with Gasteiger partial charge in [0.2, 0.25) is 11.9 Å². The first-order valence-corrected chi connectivity index (χ1v) is 8.49. The van der Waals surface area contributed by atoms with E-state index in [0.29, 0.717) is 17.0 Å². The molecule has 0 aliphatic carbocycles. The third-order valence-corrected chi connectivity index (χ3v) is 4.33. The van der Waals surface area contributed by atoms with Gasteiger partial charge in [-0.15, -0.1) is 0 Å². The van der Waals surface area contributed by atoms with Gasteiger partial charge >= 0.3 is 0 Å². The van der Waals surface area contributed by atoms with Crippen molar-refractivity contribution in [3.8, 4) is 11.3 Å². The fourth-order valence-electron chi connectivity index (χ4n) is 2.62. The number of halogens is 3. The molecule has 0 saturated heterocycles. The first kappa shape index (κ1) is 19.5. The SMILES string of the molecule is Cc1ccc(-c2cc(C(F)F)nc(N/N=C\c3c(C)nn(C)c3F)n2)cc1C. The molecule has 0 bridgehead atoms. The van der Waals surface area contributed by atoms with Crippen molar-refractivity contribution in [1.29, 1.82) is 0 Å². The lowest BCUT2D eigenvalue weighted by atomic mass is 10.0. The highest BCUT2D eigenvalue weighted by atomic mass is 19.3. The fourth-order valence-corrected chi connectivity index (χ4v) is 2.62. The zero-order chi connectivity index (χ0) is 20.4. The number of aryl methyl sites for hydroxylation is 4. The molecule has 1 aromatic carbocycles. The van der Waals surface area contributed by atoms with Crippen molar-refractivity contribution < 1.29 is 13.2 Å². The molecule has 2 heterocycles. The molecule has 9 heteroatoms. The Hall–Kier alpha value is -3.23. The predicted molar refractivity (Wildman–Crippen MR) is 101 cm³/mol. The number of nitrogens with zero attached hydrogens (tertiary/aromatic N) is 5. The topological polar surface area (TPSA) is 68.0 Å². The summed E-state index contributed by atoms with van der Waals surface area (Å²) in [6.07, 6.45) is -1.55. The molecule has 3 aromatic rings. The van der Waals surface area contributed by atoms with Gasteiger partial charge in [0.1, 0.15) is 5.69 Å². The maximum Gasteiger partial charge on any atom is 0.280 e. The molecule has 0 amide bonds. The molecule has 0 unspecified atom stereocenters. The molecule has 3 rings (SSSR count). The number of hydrazone groups is 1. The van der Waals surface area contributed by atoms with E-state index in [2.05, 4.69) is 25.6 Å². The number of hydrogen-bond acceptors (Lipinski definition) is 5. The number of anilines is 1. The fraction of sp³-hybridized carbons (Fsp3) is 0.263. The zero-order valence-corrected chi connectivity index (χ0v) is 15.8. The van der Waals surface area contributed by atoms with E-state index in [-0.39, 0.29) is 11.5 Å². The van der Waals surface area contributed by atoms with Crippen molar-refractivity contribution in [3.05, 3.63) is 58.3 Å². The first-order chi connectivity index (χ1) is 13.3. The minimum Gasteiger partial charge on any atom is -0.245 e. The number of aromatic nitrogens is 4. The molecule has 0 radical (unpaired) electrons. The van der Waals surface area contributed by atoms with Crippen LogP contribution < -0.4 is 5.43 Å². The van der Waals surface area contributed by atoms with Crippen LogP contribution in [0.25, 0.3) is 11.3 Å². The summed E-state index contributed by atoms with van der Waals surface area (Å²) in [5.41, 5.74) is 5.85. The van der Waals surface area contributed by atoms with E-state index in [0.717, 1.165) is 15.8 Å². The summed E-state index contributed by atoms with van der Waals surface area (Å²) in [6, 6.07) is 6.82. The van der Waals surface area contributed by atoms with Crippen molar-refractivity contribution in [2.75, 3.05) is 5.43 Å². The van der Waals surface area contributed by atoms with Crippen LogP contribution in [0.2, 0.25) is 0 Å². The number of nitrogens with one attached hydrogen (secondary N) is 1. The Morgan fingerprint density at radius 3 is 2.46 bits per heavy atom. The Kier molecular flexibility index (Phi) is 5.43. The van der Waals surface area contributed by atoms with E-state index >= 15 is 0 Å². The molecule has 0 spiro atoms. The monoisotopic (exact) mass is 388 g/mol. The largest absolute Gasteiger partial charge is 0.280 e. The third-order valence-electron chi connectivity index (χ3n) is 4.33.